The van der Waals surface area contributed by atoms with Crippen LogP contribution in [0.15, 0.2) is 24.3 Å². The van der Waals surface area contributed by atoms with Gasteiger partial charge < -0.3 is 4.52 Å². The minimum absolute atomic E-state index is 0. The fourth-order valence-corrected chi connectivity index (χ4v) is 1.09. The zero-order valence-electron chi connectivity index (χ0n) is 7.23. The Bertz CT molecular complexity index is 289. The van der Waals surface area contributed by atoms with Crippen molar-refractivity contribution in [1.29, 1.82) is 0 Å². The molecule has 1 aromatic carbocycles. The molecule has 1 atom stereocenters. The second-order valence-electron chi connectivity index (χ2n) is 2.59. The Kier molecular flexibility index (Phi) is 6.16. The van der Waals surface area contributed by atoms with Crippen molar-refractivity contribution in [3.63, 3.8) is 0 Å². The molecule has 0 aliphatic heterocycles. The van der Waals surface area contributed by atoms with Crippen LogP contribution in [0.5, 0.6) is 0 Å². The maximum Gasteiger partial charge on any atom is 0.312 e. The van der Waals surface area contributed by atoms with Crippen LogP contribution in [0.2, 0.25) is 0 Å². The van der Waals surface area contributed by atoms with Crippen LogP contribution in [0.1, 0.15) is 11.1 Å². The second kappa shape index (κ2) is 6.27. The molecule has 0 radical (unpaired) electrons. The SMILES string of the molecule is Cc1ccccc1CC(=O)OP.[Pd]. The summed E-state index contributed by atoms with van der Waals surface area (Å²) in [6.07, 6.45) is 0.343. The summed E-state index contributed by atoms with van der Waals surface area (Å²) in [6, 6.07) is 7.77. The van der Waals surface area contributed by atoms with Gasteiger partial charge >= 0.3 is 5.97 Å². The molecule has 13 heavy (non-hydrogen) atoms. The molecule has 0 spiro atoms. The molecule has 0 amide bonds. The molecule has 0 saturated heterocycles. The van der Waals surface area contributed by atoms with Crippen molar-refractivity contribution >= 4 is 15.4 Å². The third kappa shape index (κ3) is 4.00. The van der Waals surface area contributed by atoms with Crippen LogP contribution in [-0.2, 0) is 36.2 Å². The minimum atomic E-state index is -0.227. The summed E-state index contributed by atoms with van der Waals surface area (Å²) in [5, 5.41) is 0. The van der Waals surface area contributed by atoms with Gasteiger partial charge in [0.15, 0.2) is 0 Å². The van der Waals surface area contributed by atoms with Crippen LogP contribution in [0, 0.1) is 6.92 Å². The summed E-state index contributed by atoms with van der Waals surface area (Å²) in [5.74, 6) is -0.227. The number of hydrogen-bond donors (Lipinski definition) is 0. The van der Waals surface area contributed by atoms with Crippen LogP contribution < -0.4 is 0 Å². The van der Waals surface area contributed by atoms with Crippen LogP contribution in [-0.4, -0.2) is 5.97 Å². The first-order valence-corrected chi connectivity index (χ1v) is 4.15. The zero-order chi connectivity index (χ0) is 8.97. The molecule has 0 aliphatic rings. The number of carbonyl (C=O) groups is 1. The van der Waals surface area contributed by atoms with Gasteiger partial charge in [-0.1, -0.05) is 24.3 Å². The Morgan fingerprint density at radius 2 is 2.08 bits per heavy atom. The van der Waals surface area contributed by atoms with Crippen LogP contribution in [0.25, 0.3) is 0 Å². The Balaban J connectivity index is 0.00000144. The standard InChI is InChI=1S/C9H11O2P.Pd/c1-7-4-2-3-5-8(7)6-9(10)11-12;/h2-5H,6,12H2,1H3;. The first-order valence-electron chi connectivity index (χ1n) is 3.68. The second-order valence-corrected chi connectivity index (χ2v) is 2.83. The maximum absolute atomic E-state index is 10.9. The van der Waals surface area contributed by atoms with E-state index in [1.807, 2.05) is 40.7 Å². The van der Waals surface area contributed by atoms with E-state index in [2.05, 4.69) is 4.52 Å². The van der Waals surface area contributed by atoms with E-state index in [4.69, 9.17) is 0 Å². The zero-order valence-corrected chi connectivity index (χ0v) is 9.94. The number of rotatable bonds is 2. The van der Waals surface area contributed by atoms with Crippen molar-refractivity contribution in [2.24, 2.45) is 0 Å². The Morgan fingerprint density at radius 3 is 2.62 bits per heavy atom. The topological polar surface area (TPSA) is 26.3 Å². The molecule has 0 fully saturated rings. The monoisotopic (exact) mass is 288 g/mol. The maximum atomic E-state index is 10.9. The molecule has 1 aromatic rings. The molecular weight excluding hydrogens is 277 g/mol. The van der Waals surface area contributed by atoms with E-state index < -0.39 is 0 Å². The van der Waals surface area contributed by atoms with Crippen LogP contribution >= 0.6 is 9.47 Å². The van der Waals surface area contributed by atoms with Crippen LogP contribution in [0.3, 0.4) is 0 Å². The van der Waals surface area contributed by atoms with E-state index in [9.17, 15) is 4.79 Å². The van der Waals surface area contributed by atoms with Gasteiger partial charge in [0.05, 0.1) is 15.9 Å². The molecule has 0 heterocycles. The largest absolute Gasteiger partial charge is 0.451 e. The van der Waals surface area contributed by atoms with Gasteiger partial charge in [-0.3, -0.25) is 4.79 Å². The minimum Gasteiger partial charge on any atom is -0.451 e. The molecule has 4 heteroatoms. The van der Waals surface area contributed by atoms with E-state index in [-0.39, 0.29) is 26.4 Å². The van der Waals surface area contributed by atoms with E-state index >= 15 is 0 Å². The number of carbonyl (C=O) groups excluding carboxylic acids is 1. The Morgan fingerprint density at radius 1 is 1.46 bits per heavy atom. The van der Waals surface area contributed by atoms with Gasteiger partial charge in [0.25, 0.3) is 0 Å². The number of benzene rings is 1. The van der Waals surface area contributed by atoms with E-state index in [0.29, 0.717) is 6.42 Å². The molecular formula is C9H11O2PPd. The molecule has 0 N–H and O–H groups in total. The number of aryl methyl sites for hydroxylation is 1. The van der Waals surface area contributed by atoms with Gasteiger partial charge in [0, 0.05) is 20.4 Å². The first kappa shape index (κ1) is 12.8. The van der Waals surface area contributed by atoms with Crippen LogP contribution in [0.4, 0.5) is 0 Å². The average Bonchev–Trinajstić information content (AvgIpc) is 2.09. The van der Waals surface area contributed by atoms with Gasteiger partial charge in [-0.05, 0) is 18.1 Å². The summed E-state index contributed by atoms with van der Waals surface area (Å²) in [7, 11) is 1.96. The van der Waals surface area contributed by atoms with E-state index in [0.717, 1.165) is 11.1 Å². The summed E-state index contributed by atoms with van der Waals surface area (Å²) in [6.45, 7) is 1.98. The van der Waals surface area contributed by atoms with Gasteiger partial charge in [-0.2, -0.15) is 0 Å². The molecule has 1 rings (SSSR count). The molecule has 0 aromatic heterocycles. The smallest absolute Gasteiger partial charge is 0.312 e. The van der Waals surface area contributed by atoms with E-state index in [1.165, 1.54) is 0 Å². The molecule has 1 unspecified atom stereocenters. The first-order chi connectivity index (χ1) is 5.74. The Labute approximate surface area is 94.0 Å². The van der Waals surface area contributed by atoms with Crippen molar-refractivity contribution < 1.29 is 29.7 Å². The summed E-state index contributed by atoms with van der Waals surface area (Å²) >= 11 is 0. The molecule has 0 bridgehead atoms. The van der Waals surface area contributed by atoms with Crippen molar-refractivity contribution in [2.45, 2.75) is 13.3 Å². The summed E-state index contributed by atoms with van der Waals surface area (Å²) in [5.41, 5.74) is 2.14. The number of hydrogen-bond acceptors (Lipinski definition) is 2. The van der Waals surface area contributed by atoms with Crippen molar-refractivity contribution in [3.8, 4) is 0 Å². The third-order valence-corrected chi connectivity index (χ3v) is 1.99. The summed E-state index contributed by atoms with van der Waals surface area (Å²) < 4.78 is 4.49. The van der Waals surface area contributed by atoms with Gasteiger partial charge in [-0.25, -0.2) is 0 Å². The molecule has 0 aliphatic carbocycles. The van der Waals surface area contributed by atoms with Crippen molar-refractivity contribution in [3.05, 3.63) is 35.4 Å². The van der Waals surface area contributed by atoms with E-state index in [1.54, 1.807) is 0 Å². The molecule has 74 valence electrons. The quantitative estimate of drug-likeness (QED) is 0.613. The molecule has 2 nitrogen and oxygen atoms in total. The predicted molar refractivity (Wildman–Crippen MR) is 50.7 cm³/mol. The van der Waals surface area contributed by atoms with Gasteiger partial charge in [0.1, 0.15) is 0 Å². The summed E-state index contributed by atoms with van der Waals surface area (Å²) in [4.78, 5) is 10.9. The Hall–Kier alpha value is -0.218. The normalized spacial score (nSPS) is 8.77. The third-order valence-electron chi connectivity index (χ3n) is 1.73. The van der Waals surface area contributed by atoms with Crippen molar-refractivity contribution in [2.75, 3.05) is 0 Å². The van der Waals surface area contributed by atoms with Gasteiger partial charge in [0.2, 0.25) is 0 Å². The average molecular weight is 289 g/mol. The predicted octanol–water partition coefficient (Wildman–Crippen LogP) is 1.87. The van der Waals surface area contributed by atoms with Crippen molar-refractivity contribution in [1.82, 2.24) is 0 Å². The fraction of sp³-hybridized carbons (Fsp3) is 0.222. The fourth-order valence-electron chi connectivity index (χ4n) is 1.01. The van der Waals surface area contributed by atoms with Gasteiger partial charge in [-0.15, -0.1) is 0 Å². The molecule has 0 saturated carbocycles.